The van der Waals surface area contributed by atoms with Crippen molar-refractivity contribution in [2.45, 2.75) is 20.5 Å². The van der Waals surface area contributed by atoms with Gasteiger partial charge in [-0.25, -0.2) is 4.68 Å². The second-order valence-electron chi connectivity index (χ2n) is 3.77. The maximum Gasteiger partial charge on any atom is 0.119 e. The molecule has 2 rings (SSSR count). The Kier molecular flexibility index (Phi) is 3.44. The van der Waals surface area contributed by atoms with Crippen molar-refractivity contribution in [3.05, 3.63) is 41.7 Å². The molecule has 2 aromatic rings. The van der Waals surface area contributed by atoms with E-state index < -0.39 is 0 Å². The Morgan fingerprint density at radius 1 is 1.29 bits per heavy atom. The number of aryl methyl sites for hydroxylation is 1. The number of hydrogen-bond donors (Lipinski definition) is 1. The molecule has 4 heteroatoms. The van der Waals surface area contributed by atoms with Gasteiger partial charge in [0.05, 0.1) is 24.6 Å². The van der Waals surface area contributed by atoms with Crippen LogP contribution in [0, 0.1) is 6.92 Å². The fourth-order valence-corrected chi connectivity index (χ4v) is 1.73. The summed E-state index contributed by atoms with van der Waals surface area (Å²) in [6.07, 6.45) is 0. The molecular formula is C13H16N2O2. The Labute approximate surface area is 100 Å². The van der Waals surface area contributed by atoms with E-state index >= 15 is 0 Å². The molecule has 0 saturated heterocycles. The number of aliphatic hydroxyl groups excluding tert-OH is 1. The fraction of sp³-hybridized carbons (Fsp3) is 0.308. The lowest BCUT2D eigenvalue weighted by Crippen LogP contribution is -1.99. The van der Waals surface area contributed by atoms with Crippen molar-refractivity contribution in [3.63, 3.8) is 0 Å². The van der Waals surface area contributed by atoms with Crippen molar-refractivity contribution in [1.82, 2.24) is 9.78 Å². The number of aromatic nitrogens is 2. The molecular weight excluding hydrogens is 216 g/mol. The van der Waals surface area contributed by atoms with Gasteiger partial charge in [-0.1, -0.05) is 0 Å². The average molecular weight is 232 g/mol. The topological polar surface area (TPSA) is 47.3 Å². The van der Waals surface area contributed by atoms with Gasteiger partial charge in [0, 0.05) is 5.69 Å². The lowest BCUT2D eigenvalue weighted by atomic mass is 10.3. The summed E-state index contributed by atoms with van der Waals surface area (Å²) in [6.45, 7) is 4.54. The standard InChI is InChI=1S/C13H16N2O2/c1-3-17-13-6-4-12(5-7-13)15-10(2)8-11(9-16)14-15/h4-8,16H,3,9H2,1-2H3. The summed E-state index contributed by atoms with van der Waals surface area (Å²) in [5.74, 6) is 0.850. The first-order chi connectivity index (χ1) is 8.24. The molecule has 1 N–H and O–H groups in total. The van der Waals surface area contributed by atoms with Crippen molar-refractivity contribution in [2.24, 2.45) is 0 Å². The summed E-state index contributed by atoms with van der Waals surface area (Å²) in [4.78, 5) is 0. The highest BCUT2D eigenvalue weighted by molar-refractivity contribution is 5.38. The first kappa shape index (κ1) is 11.7. The zero-order valence-electron chi connectivity index (χ0n) is 10.1. The summed E-state index contributed by atoms with van der Waals surface area (Å²) in [7, 11) is 0. The van der Waals surface area contributed by atoms with Crippen molar-refractivity contribution >= 4 is 0 Å². The quantitative estimate of drug-likeness (QED) is 0.877. The van der Waals surface area contributed by atoms with E-state index in [2.05, 4.69) is 5.10 Å². The molecule has 0 unspecified atom stereocenters. The minimum Gasteiger partial charge on any atom is -0.494 e. The first-order valence-electron chi connectivity index (χ1n) is 5.64. The van der Waals surface area contributed by atoms with Crippen molar-refractivity contribution < 1.29 is 9.84 Å². The van der Waals surface area contributed by atoms with Crippen LogP contribution in [0.5, 0.6) is 5.75 Å². The molecule has 0 saturated carbocycles. The van der Waals surface area contributed by atoms with Crippen LogP contribution in [-0.2, 0) is 6.61 Å². The van der Waals surface area contributed by atoms with E-state index in [1.165, 1.54) is 0 Å². The van der Waals surface area contributed by atoms with Crippen LogP contribution < -0.4 is 4.74 Å². The number of hydrogen-bond acceptors (Lipinski definition) is 3. The molecule has 0 aliphatic carbocycles. The van der Waals surface area contributed by atoms with Crippen molar-refractivity contribution in [2.75, 3.05) is 6.61 Å². The summed E-state index contributed by atoms with van der Waals surface area (Å²) in [5.41, 5.74) is 2.64. The largest absolute Gasteiger partial charge is 0.494 e. The van der Waals surface area contributed by atoms with Crippen LogP contribution in [0.3, 0.4) is 0 Å². The van der Waals surface area contributed by atoms with E-state index in [0.29, 0.717) is 12.3 Å². The highest BCUT2D eigenvalue weighted by Gasteiger charge is 2.05. The molecule has 0 spiro atoms. The van der Waals surface area contributed by atoms with Crippen LogP contribution in [0.1, 0.15) is 18.3 Å². The summed E-state index contributed by atoms with van der Waals surface area (Å²) >= 11 is 0. The zero-order chi connectivity index (χ0) is 12.3. The predicted octanol–water partition coefficient (Wildman–Crippen LogP) is 2.07. The van der Waals surface area contributed by atoms with Crippen molar-refractivity contribution in [1.29, 1.82) is 0 Å². The van der Waals surface area contributed by atoms with Crippen LogP contribution in [0.4, 0.5) is 0 Å². The minimum absolute atomic E-state index is 0.0368. The Hall–Kier alpha value is -1.81. The van der Waals surface area contributed by atoms with Gasteiger partial charge in [0.25, 0.3) is 0 Å². The normalized spacial score (nSPS) is 10.5. The SMILES string of the molecule is CCOc1ccc(-n2nc(CO)cc2C)cc1. The van der Waals surface area contributed by atoms with Gasteiger partial charge in [0.15, 0.2) is 0 Å². The molecule has 0 atom stereocenters. The zero-order valence-corrected chi connectivity index (χ0v) is 10.1. The van der Waals surface area contributed by atoms with Gasteiger partial charge in [-0.05, 0) is 44.2 Å². The van der Waals surface area contributed by atoms with E-state index in [1.54, 1.807) is 4.68 Å². The maximum absolute atomic E-state index is 9.04. The molecule has 0 aliphatic heterocycles. The van der Waals surface area contributed by atoms with Gasteiger partial charge in [-0.3, -0.25) is 0 Å². The van der Waals surface area contributed by atoms with E-state index in [4.69, 9.17) is 9.84 Å². The number of rotatable bonds is 4. The second-order valence-corrected chi connectivity index (χ2v) is 3.77. The van der Waals surface area contributed by atoms with Crippen molar-refractivity contribution in [3.8, 4) is 11.4 Å². The van der Waals surface area contributed by atoms with E-state index in [9.17, 15) is 0 Å². The number of benzene rings is 1. The van der Waals surface area contributed by atoms with Crippen LogP contribution >= 0.6 is 0 Å². The molecule has 1 aromatic carbocycles. The van der Waals surface area contributed by atoms with Crippen LogP contribution in [0.15, 0.2) is 30.3 Å². The van der Waals surface area contributed by atoms with Gasteiger partial charge < -0.3 is 9.84 Å². The summed E-state index contributed by atoms with van der Waals surface area (Å²) < 4.78 is 7.19. The fourth-order valence-electron chi connectivity index (χ4n) is 1.73. The predicted molar refractivity (Wildman–Crippen MR) is 65.4 cm³/mol. The molecule has 0 aliphatic rings. The summed E-state index contributed by atoms with van der Waals surface area (Å²) in [6, 6.07) is 9.60. The average Bonchev–Trinajstić information content (AvgIpc) is 2.72. The molecule has 0 radical (unpaired) electrons. The van der Waals surface area contributed by atoms with E-state index in [0.717, 1.165) is 17.1 Å². The highest BCUT2D eigenvalue weighted by atomic mass is 16.5. The summed E-state index contributed by atoms with van der Waals surface area (Å²) in [5, 5.41) is 13.3. The molecule has 17 heavy (non-hydrogen) atoms. The number of ether oxygens (including phenoxy) is 1. The van der Waals surface area contributed by atoms with Gasteiger partial charge in [-0.15, -0.1) is 0 Å². The monoisotopic (exact) mass is 232 g/mol. The first-order valence-corrected chi connectivity index (χ1v) is 5.64. The van der Waals surface area contributed by atoms with Crippen LogP contribution in [0.2, 0.25) is 0 Å². The Balaban J connectivity index is 2.29. The number of nitrogens with zero attached hydrogens (tertiary/aromatic N) is 2. The lowest BCUT2D eigenvalue weighted by Gasteiger charge is -2.06. The van der Waals surface area contributed by atoms with Crippen LogP contribution in [0.25, 0.3) is 5.69 Å². The van der Waals surface area contributed by atoms with Crippen LogP contribution in [-0.4, -0.2) is 21.5 Å². The molecule has 0 fully saturated rings. The Morgan fingerprint density at radius 3 is 2.53 bits per heavy atom. The lowest BCUT2D eigenvalue weighted by molar-refractivity contribution is 0.276. The molecule has 1 aromatic heterocycles. The number of aliphatic hydroxyl groups is 1. The third-order valence-corrected chi connectivity index (χ3v) is 2.49. The third kappa shape index (κ3) is 2.47. The molecule has 1 heterocycles. The van der Waals surface area contributed by atoms with Gasteiger partial charge in [-0.2, -0.15) is 5.10 Å². The highest BCUT2D eigenvalue weighted by Crippen LogP contribution is 2.17. The smallest absolute Gasteiger partial charge is 0.119 e. The molecule has 4 nitrogen and oxygen atoms in total. The Morgan fingerprint density at radius 2 is 2.00 bits per heavy atom. The second kappa shape index (κ2) is 5.01. The molecule has 90 valence electrons. The Bertz CT molecular complexity index is 489. The maximum atomic E-state index is 9.04. The van der Waals surface area contributed by atoms with Gasteiger partial charge in [0.1, 0.15) is 5.75 Å². The molecule has 0 bridgehead atoms. The van der Waals surface area contributed by atoms with E-state index in [1.807, 2.05) is 44.2 Å². The third-order valence-electron chi connectivity index (χ3n) is 2.49. The van der Waals surface area contributed by atoms with Gasteiger partial charge in [0.2, 0.25) is 0 Å². The molecule has 0 amide bonds. The van der Waals surface area contributed by atoms with Gasteiger partial charge >= 0.3 is 0 Å². The van der Waals surface area contributed by atoms with E-state index in [-0.39, 0.29) is 6.61 Å². The minimum atomic E-state index is -0.0368.